The van der Waals surface area contributed by atoms with Gasteiger partial charge in [-0.25, -0.2) is 33.7 Å². The summed E-state index contributed by atoms with van der Waals surface area (Å²) in [5, 5.41) is 60.6. The lowest BCUT2D eigenvalue weighted by atomic mass is 10.0. The Morgan fingerprint density at radius 2 is 0.492 bits per heavy atom. The van der Waals surface area contributed by atoms with E-state index >= 15 is 0 Å². The van der Waals surface area contributed by atoms with E-state index in [1.165, 1.54) is 24.3 Å². The van der Waals surface area contributed by atoms with Crippen molar-refractivity contribution >= 4 is 152 Å². The molecule has 4 atom stereocenters. The van der Waals surface area contributed by atoms with Crippen LogP contribution in [0.1, 0.15) is 86.3 Å². The molecule has 0 amide bonds. The van der Waals surface area contributed by atoms with Crippen LogP contribution in [0.25, 0.3) is 43.6 Å². The predicted molar refractivity (Wildman–Crippen MR) is 509 cm³/mol. The molecule has 22 nitrogen and oxygen atoms in total. The molecule has 8 aromatic heterocycles. The van der Waals surface area contributed by atoms with Gasteiger partial charge in [-0.05, 0) is 194 Å². The van der Waals surface area contributed by atoms with Crippen molar-refractivity contribution in [3.8, 4) is 47.4 Å². The zero-order valence-corrected chi connectivity index (χ0v) is 76.2. The first-order valence-electron chi connectivity index (χ1n) is 40.4. The average molecular weight is 1890 g/mol. The van der Waals surface area contributed by atoms with Gasteiger partial charge in [-0.1, -0.05) is 180 Å². The molecule has 0 aliphatic carbocycles. The zero-order chi connectivity index (χ0) is 92.3. The van der Waals surface area contributed by atoms with E-state index in [1.807, 2.05) is 159 Å². The van der Waals surface area contributed by atoms with Gasteiger partial charge in [0.2, 0.25) is 0 Å². The molecule has 660 valence electrons. The predicted octanol–water partition coefficient (Wildman–Crippen LogP) is 17.0. The van der Waals surface area contributed by atoms with E-state index < -0.39 is 110 Å². The molecule has 0 radical (unpaired) electrons. The van der Waals surface area contributed by atoms with Crippen molar-refractivity contribution in [1.82, 2.24) is 19.9 Å². The molecule has 0 fully saturated rings. The van der Waals surface area contributed by atoms with E-state index in [0.717, 1.165) is 156 Å². The Labute approximate surface area is 766 Å². The summed E-state index contributed by atoms with van der Waals surface area (Å²) in [6.45, 7) is 3.90. The van der Waals surface area contributed by atoms with Crippen LogP contribution in [-0.4, -0.2) is 131 Å². The molecule has 130 heavy (non-hydrogen) atoms. The topological polar surface area (TPSA) is 389 Å². The Hall–Kier alpha value is -13.4. The lowest BCUT2D eigenvalue weighted by molar-refractivity contribution is -0.141. The Kier molecular flexibility index (Phi) is 30.9. The van der Waals surface area contributed by atoms with E-state index in [4.69, 9.17) is 10.2 Å². The number of aliphatic hydroxyl groups excluding tert-OH is 2. The van der Waals surface area contributed by atoms with Gasteiger partial charge in [-0.3, -0.25) is 19.2 Å². The quantitative estimate of drug-likeness (QED) is 0.0225. The van der Waals surface area contributed by atoms with Crippen molar-refractivity contribution in [2.75, 3.05) is 23.0 Å². The van der Waals surface area contributed by atoms with Crippen LogP contribution in [-0.2, 0) is 97.4 Å². The third-order valence-electron chi connectivity index (χ3n) is 20.9. The van der Waals surface area contributed by atoms with E-state index in [0.29, 0.717) is 19.5 Å². The van der Waals surface area contributed by atoms with Crippen molar-refractivity contribution in [2.45, 2.75) is 69.6 Å². The summed E-state index contributed by atoms with van der Waals surface area (Å²) in [5.74, 6) is 13.1. The number of aromatic nitrogens is 4. The number of rotatable bonds is 26. The number of nitrogens with one attached hydrogen (secondary N) is 4. The number of hydrogen-bond acceptors (Lipinski definition) is 18. The second-order valence-corrected chi connectivity index (χ2v) is 43.8. The molecular weight excluding hydrogens is 1800 g/mol. The highest BCUT2D eigenvalue weighted by Crippen LogP contribution is 2.33. The lowest BCUT2D eigenvalue weighted by Gasteiger charge is -2.11. The number of sulfone groups is 4. The van der Waals surface area contributed by atoms with Gasteiger partial charge >= 0.3 is 23.9 Å². The van der Waals surface area contributed by atoms with E-state index in [1.54, 1.807) is 97.6 Å². The van der Waals surface area contributed by atoms with Gasteiger partial charge < -0.3 is 50.6 Å². The third-order valence-corrected chi connectivity index (χ3v) is 34.5. The van der Waals surface area contributed by atoms with Gasteiger partial charge in [0.25, 0.3) is 0 Å². The summed E-state index contributed by atoms with van der Waals surface area (Å²) in [6.07, 6.45) is 7.45. The maximum atomic E-state index is 13.0. The molecule has 0 aliphatic heterocycles. The summed E-state index contributed by atoms with van der Waals surface area (Å²) < 4.78 is 104. The fourth-order valence-electron chi connectivity index (χ4n) is 13.9. The fraction of sp³-hybridized carbons (Fsp3) is 0.160. The molecule has 8 heterocycles. The SMILES string of the molecule is Cc1ccc(C#Cc2ccc(S(=O)(=O)C[C@@H](Cc3c[nH]c4ccccc34)C(=O)O)s2)cc1.Cc1ccc(C#Cc2ccc(S(=O)(=O)C[C@H](Cc3c[nH]c4ccccc34)C(=O)O)s2)cc1.O=C(O)[C@@H](Cc1c[nH]c2ccccc12)CS(=O)(=O)c1ccc(C#Cc2ccc(CO)cc2)s1.O=C(O)[C@H](Cc1c[nH]c2ccccc12)CS(=O)(=O)c1ccc(C#Cc2ccc(CO)cc2)s1. The number of benzene rings is 8. The molecule has 0 spiro atoms. The van der Waals surface area contributed by atoms with Crippen molar-refractivity contribution in [1.29, 1.82) is 0 Å². The highest BCUT2D eigenvalue weighted by atomic mass is 32.3. The van der Waals surface area contributed by atoms with Gasteiger partial charge in [0.05, 0.1) is 79.4 Å². The first-order chi connectivity index (χ1) is 62.3. The molecule has 0 aliphatic rings. The van der Waals surface area contributed by atoms with Crippen LogP contribution in [0.15, 0.2) is 284 Å². The monoisotopic (exact) mass is 1880 g/mol. The summed E-state index contributed by atoms with van der Waals surface area (Å²) in [7, 11) is -15.1. The number of aliphatic carboxylic acids is 4. The third kappa shape index (κ3) is 25.1. The van der Waals surface area contributed by atoms with Gasteiger partial charge in [-0.2, -0.15) is 0 Å². The van der Waals surface area contributed by atoms with Gasteiger partial charge in [-0.15, -0.1) is 45.3 Å². The zero-order valence-electron chi connectivity index (χ0n) is 69.6. The van der Waals surface area contributed by atoms with Crippen molar-refractivity contribution < 1.29 is 83.5 Å². The van der Waals surface area contributed by atoms with Crippen LogP contribution in [0.2, 0.25) is 0 Å². The molecule has 30 heteroatoms. The standard InChI is InChI=1S/2C25H21NO5S2.2C25H21NO4S2/c2*27-15-18-7-5-17(6-8-18)9-10-21-11-12-24(32-21)33(30,31)16-20(25(28)29)13-19-14-26-23-4-2-1-3-22(19)23;2*1-17-6-8-18(9-7-17)10-11-21-12-13-24(31-21)32(29,30)16-20(25(27)28)14-19-15-26-23-5-3-2-4-22(19)23/h2*1-8,11-12,14,20,26-27H,13,15-16H2,(H,28,29);2*2-9,12-13,15,20,26H,14,16H2,1H3,(H,27,28)/t4*20-/m1010/s1. The van der Waals surface area contributed by atoms with Crippen molar-refractivity contribution in [3.05, 3.63) is 354 Å². The number of fused-ring (bicyclic) bond motifs is 4. The van der Waals surface area contributed by atoms with Gasteiger partial charge in [0, 0.05) is 90.7 Å². The number of aryl methyl sites for hydroxylation is 2. The minimum atomic E-state index is -3.80. The second kappa shape index (κ2) is 42.7. The first-order valence-corrected chi connectivity index (χ1v) is 50.2. The summed E-state index contributed by atoms with van der Waals surface area (Å²) in [6, 6.07) is 72.4. The van der Waals surface area contributed by atoms with Crippen LogP contribution < -0.4 is 0 Å². The summed E-state index contributed by atoms with van der Waals surface area (Å²) in [4.78, 5) is 62.3. The Morgan fingerprint density at radius 1 is 0.285 bits per heavy atom. The van der Waals surface area contributed by atoms with Gasteiger partial charge in [0.1, 0.15) is 16.8 Å². The Morgan fingerprint density at radius 3 is 0.700 bits per heavy atom. The van der Waals surface area contributed by atoms with E-state index in [9.17, 15) is 73.3 Å². The molecular formula is C100H84N4O18S8. The molecule has 0 unspecified atom stereocenters. The van der Waals surface area contributed by atoms with Crippen molar-refractivity contribution in [3.63, 3.8) is 0 Å². The number of H-pyrrole nitrogens is 4. The molecule has 8 aromatic carbocycles. The number of aliphatic hydroxyl groups is 2. The number of aromatic amines is 4. The van der Waals surface area contributed by atoms with Crippen LogP contribution in [0.5, 0.6) is 0 Å². The summed E-state index contributed by atoms with van der Waals surface area (Å²) >= 11 is 4.19. The minimum Gasteiger partial charge on any atom is -0.481 e. The minimum absolute atomic E-state index is 0.0441. The highest BCUT2D eigenvalue weighted by molar-refractivity contribution is 7.94. The molecule has 10 N–H and O–H groups in total. The summed E-state index contributed by atoms with van der Waals surface area (Å²) in [5.41, 5.74) is 13.7. The molecule has 16 rings (SSSR count). The number of carboxylic acid groups (broad SMARTS) is 4. The molecule has 16 aromatic rings. The number of thiophene rings is 4. The van der Waals surface area contributed by atoms with Crippen LogP contribution in [0.3, 0.4) is 0 Å². The Balaban J connectivity index is 0.000000148. The fourth-order valence-corrected chi connectivity index (χ4v) is 25.1. The average Bonchev–Trinajstić information content (AvgIpc) is 1.66. The largest absolute Gasteiger partial charge is 0.481 e. The van der Waals surface area contributed by atoms with Crippen LogP contribution in [0, 0.1) is 84.9 Å². The smallest absolute Gasteiger partial charge is 0.307 e. The first kappa shape index (κ1) is 94.2. The maximum Gasteiger partial charge on any atom is 0.307 e. The normalized spacial score (nSPS) is 12.3. The van der Waals surface area contributed by atoms with Crippen molar-refractivity contribution in [2.24, 2.45) is 23.7 Å². The lowest BCUT2D eigenvalue weighted by Crippen LogP contribution is -2.25. The van der Waals surface area contributed by atoms with E-state index in [2.05, 4.69) is 67.3 Å². The van der Waals surface area contributed by atoms with Gasteiger partial charge in [0.15, 0.2) is 39.3 Å². The number of carbonyl (C=O) groups is 4. The number of carboxylic acids is 4. The molecule has 0 bridgehead atoms. The Bertz CT molecular complexity index is 7120. The molecule has 0 saturated heterocycles. The number of hydrogen-bond donors (Lipinski definition) is 10. The highest BCUT2D eigenvalue weighted by Gasteiger charge is 2.34. The number of para-hydroxylation sites is 4. The second-order valence-electron chi connectivity index (χ2n) is 30.4. The van der Waals surface area contributed by atoms with Crippen LogP contribution >= 0.6 is 45.3 Å². The molecule has 0 saturated carbocycles. The van der Waals surface area contributed by atoms with E-state index in [-0.39, 0.29) is 55.7 Å². The maximum absolute atomic E-state index is 13.0. The van der Waals surface area contributed by atoms with Crippen LogP contribution in [0.4, 0.5) is 0 Å².